The van der Waals surface area contributed by atoms with E-state index in [1.807, 2.05) is 58.0 Å². The van der Waals surface area contributed by atoms with E-state index < -0.39 is 42.6 Å². The van der Waals surface area contributed by atoms with Gasteiger partial charge in [0.1, 0.15) is 22.8 Å². The van der Waals surface area contributed by atoms with Gasteiger partial charge in [-0.2, -0.15) is 0 Å². The van der Waals surface area contributed by atoms with Crippen molar-refractivity contribution in [3.63, 3.8) is 0 Å². The van der Waals surface area contributed by atoms with Crippen LogP contribution in [0.2, 0.25) is 0 Å². The number of amides is 3. The van der Waals surface area contributed by atoms with Crippen LogP contribution >= 0.6 is 11.3 Å². The molecule has 250 valence electrons. The summed E-state index contributed by atoms with van der Waals surface area (Å²) in [6.45, 7) is 8.04. The fraction of sp³-hybridized carbons (Fsp3) is 0.594. The highest BCUT2D eigenvalue weighted by molar-refractivity contribution is 7.09. The number of carboxylic acid groups (broad SMARTS) is 1. The van der Waals surface area contributed by atoms with Gasteiger partial charge in [-0.3, -0.25) is 19.2 Å². The third-order valence-corrected chi connectivity index (χ3v) is 8.92. The largest absolute Gasteiger partial charge is 0.481 e. The molecule has 5 N–H and O–H groups in total. The first kappa shape index (κ1) is 37.8. The van der Waals surface area contributed by atoms with E-state index in [-0.39, 0.29) is 48.4 Å². The van der Waals surface area contributed by atoms with Crippen LogP contribution in [0.25, 0.3) is 0 Å². The molecule has 3 amide bonds. The number of hydrogen-bond donors (Lipinski definition) is 5. The summed E-state index contributed by atoms with van der Waals surface area (Å²) in [5.74, 6) is -2.20. The van der Waals surface area contributed by atoms with Gasteiger partial charge >= 0.3 is 5.97 Å². The van der Waals surface area contributed by atoms with E-state index in [0.717, 1.165) is 5.56 Å². The van der Waals surface area contributed by atoms with Crippen molar-refractivity contribution in [2.75, 3.05) is 27.7 Å². The first-order valence-corrected chi connectivity index (χ1v) is 16.1. The Labute approximate surface area is 269 Å². The van der Waals surface area contributed by atoms with Gasteiger partial charge in [-0.1, -0.05) is 64.4 Å². The molecule has 6 atom stereocenters. The molecule has 0 fully saturated rings. The number of aliphatic carboxylic acids is 1. The number of benzene rings is 1. The molecule has 1 aromatic carbocycles. The number of carbonyl (C=O) groups is 4. The number of nitrogens with one attached hydrogen (secondary N) is 3. The van der Waals surface area contributed by atoms with E-state index in [1.165, 1.54) is 11.3 Å². The van der Waals surface area contributed by atoms with Crippen LogP contribution in [-0.2, 0) is 25.5 Å². The van der Waals surface area contributed by atoms with Crippen LogP contribution in [0.15, 0.2) is 35.7 Å². The van der Waals surface area contributed by atoms with Crippen molar-refractivity contribution in [1.82, 2.24) is 25.8 Å². The lowest BCUT2D eigenvalue weighted by molar-refractivity contribution is -0.140. The Bertz CT molecular complexity index is 1240. The number of thiazole rings is 1. The Kier molecular flexibility index (Phi) is 15.6. The summed E-state index contributed by atoms with van der Waals surface area (Å²) < 4.78 is 5.80. The van der Waals surface area contributed by atoms with Crippen LogP contribution in [0.1, 0.15) is 74.1 Å². The quantitative estimate of drug-likeness (QED) is 0.154. The second-order valence-electron chi connectivity index (χ2n) is 11.7. The zero-order chi connectivity index (χ0) is 33.7. The number of hydrogen-bond acceptors (Lipinski definition) is 9. The minimum absolute atomic E-state index is 0.0411. The lowest BCUT2D eigenvalue weighted by Gasteiger charge is -2.37. The number of aliphatic hydroxyl groups excluding tert-OH is 1. The van der Waals surface area contributed by atoms with Gasteiger partial charge in [0, 0.05) is 32.0 Å². The van der Waals surface area contributed by atoms with Crippen LogP contribution in [0.5, 0.6) is 0 Å². The van der Waals surface area contributed by atoms with Gasteiger partial charge in [-0.25, -0.2) is 4.98 Å². The zero-order valence-corrected chi connectivity index (χ0v) is 28.1. The van der Waals surface area contributed by atoms with Gasteiger partial charge < -0.3 is 35.8 Å². The van der Waals surface area contributed by atoms with E-state index in [9.17, 15) is 29.4 Å². The van der Waals surface area contributed by atoms with Gasteiger partial charge in [-0.15, -0.1) is 11.3 Å². The van der Waals surface area contributed by atoms with E-state index in [0.29, 0.717) is 17.8 Å². The molecular weight excluding hydrogens is 598 g/mol. The summed E-state index contributed by atoms with van der Waals surface area (Å²) in [4.78, 5) is 56.8. The number of carboxylic acids is 1. The summed E-state index contributed by atoms with van der Waals surface area (Å²) >= 11 is 1.24. The number of likely N-dealkylation sites (N-methyl/N-ethyl adjacent to an activating group) is 2. The monoisotopic (exact) mass is 647 g/mol. The SMILES string of the molecule is CCC(C)[C@H](NC(=O)CNC)C(=O)N(C)[C@H](CC(OC)c1nc(C(=O)N[C@@H](Cc2ccccc2)C(O)CC(=O)O)cs1)C(C)C. The molecule has 2 aromatic rings. The predicted octanol–water partition coefficient (Wildman–Crippen LogP) is 2.63. The van der Waals surface area contributed by atoms with Gasteiger partial charge in [0.05, 0.1) is 25.1 Å². The highest BCUT2D eigenvalue weighted by Crippen LogP contribution is 2.30. The molecule has 45 heavy (non-hydrogen) atoms. The standard InChI is InChI=1S/C32H49N5O7S/c1-8-20(4)29(36-27(39)17-33-5)32(43)37(6)24(19(2)3)15-26(44-7)31-35-23(18-45-31)30(42)34-22(25(38)16-28(40)41)14-21-12-10-9-11-13-21/h9-13,18-20,22,24-26,29,33,38H,8,14-17H2,1-7H3,(H,34,42)(H,36,39)(H,40,41)/t20?,22-,24+,25?,26?,29-/m0/s1. The molecule has 0 aliphatic rings. The molecule has 0 aliphatic heterocycles. The summed E-state index contributed by atoms with van der Waals surface area (Å²) in [6, 6.07) is 7.38. The molecule has 0 saturated carbocycles. The van der Waals surface area contributed by atoms with Gasteiger partial charge in [0.25, 0.3) is 5.91 Å². The lowest BCUT2D eigenvalue weighted by atomic mass is 9.93. The Morgan fingerprint density at radius 2 is 1.76 bits per heavy atom. The second-order valence-corrected chi connectivity index (χ2v) is 12.6. The molecule has 0 saturated heterocycles. The van der Waals surface area contributed by atoms with Crippen LogP contribution in [-0.4, -0.2) is 95.8 Å². The predicted molar refractivity (Wildman–Crippen MR) is 173 cm³/mol. The molecule has 13 heteroatoms. The lowest BCUT2D eigenvalue weighted by Crippen LogP contribution is -2.55. The topological polar surface area (TPSA) is 170 Å². The molecular formula is C32H49N5O7S. The normalized spacial score (nSPS) is 15.4. The van der Waals surface area contributed by atoms with Crippen molar-refractivity contribution >= 4 is 35.0 Å². The average molecular weight is 648 g/mol. The van der Waals surface area contributed by atoms with Crippen molar-refractivity contribution in [3.05, 3.63) is 52.0 Å². The highest BCUT2D eigenvalue weighted by atomic mass is 32.1. The average Bonchev–Trinajstić information content (AvgIpc) is 3.49. The van der Waals surface area contributed by atoms with Crippen LogP contribution in [0.3, 0.4) is 0 Å². The molecule has 0 spiro atoms. The molecule has 2 rings (SSSR count). The smallest absolute Gasteiger partial charge is 0.306 e. The van der Waals surface area contributed by atoms with E-state index in [1.54, 1.807) is 31.5 Å². The van der Waals surface area contributed by atoms with Gasteiger partial charge in [0.2, 0.25) is 11.8 Å². The van der Waals surface area contributed by atoms with Crippen molar-refractivity contribution in [2.45, 2.75) is 83.7 Å². The molecule has 0 aliphatic carbocycles. The molecule has 12 nitrogen and oxygen atoms in total. The summed E-state index contributed by atoms with van der Waals surface area (Å²) in [5.41, 5.74) is 0.952. The number of aromatic nitrogens is 1. The molecule has 1 heterocycles. The number of carbonyl (C=O) groups excluding carboxylic acids is 3. The molecule has 1 aromatic heterocycles. The third-order valence-electron chi connectivity index (χ3n) is 7.98. The van der Waals surface area contributed by atoms with E-state index >= 15 is 0 Å². The fourth-order valence-electron chi connectivity index (χ4n) is 5.10. The van der Waals surface area contributed by atoms with Crippen molar-refractivity contribution in [3.8, 4) is 0 Å². The molecule has 0 bridgehead atoms. The second kappa shape index (κ2) is 18.5. The minimum Gasteiger partial charge on any atom is -0.481 e. The van der Waals surface area contributed by atoms with Crippen molar-refractivity contribution in [1.29, 1.82) is 0 Å². The number of nitrogens with zero attached hydrogens (tertiary/aromatic N) is 2. The van der Waals surface area contributed by atoms with Crippen LogP contribution in [0, 0.1) is 11.8 Å². The number of rotatable bonds is 19. The summed E-state index contributed by atoms with van der Waals surface area (Å²) in [6.07, 6.45) is -1.01. The third kappa shape index (κ3) is 11.5. The Morgan fingerprint density at radius 3 is 2.31 bits per heavy atom. The Balaban J connectivity index is 2.23. The Hall–Kier alpha value is -3.39. The van der Waals surface area contributed by atoms with E-state index in [2.05, 4.69) is 20.9 Å². The van der Waals surface area contributed by atoms with E-state index in [4.69, 9.17) is 4.74 Å². The summed E-state index contributed by atoms with van der Waals surface area (Å²) in [7, 11) is 4.95. The number of aliphatic hydroxyl groups is 1. The Morgan fingerprint density at radius 1 is 1.09 bits per heavy atom. The maximum absolute atomic E-state index is 13.7. The van der Waals surface area contributed by atoms with Gasteiger partial charge in [0.15, 0.2) is 0 Å². The fourth-order valence-corrected chi connectivity index (χ4v) is 5.99. The highest BCUT2D eigenvalue weighted by Gasteiger charge is 2.35. The molecule has 0 radical (unpaired) electrons. The zero-order valence-electron chi connectivity index (χ0n) is 27.3. The maximum atomic E-state index is 13.7. The first-order valence-electron chi connectivity index (χ1n) is 15.3. The maximum Gasteiger partial charge on any atom is 0.306 e. The first-order chi connectivity index (χ1) is 21.3. The van der Waals surface area contributed by atoms with Crippen LogP contribution < -0.4 is 16.0 Å². The minimum atomic E-state index is -1.31. The van der Waals surface area contributed by atoms with Crippen molar-refractivity contribution < 1.29 is 34.1 Å². The number of ether oxygens (including phenoxy) is 1. The summed E-state index contributed by atoms with van der Waals surface area (Å²) in [5, 5.41) is 30.4. The van der Waals surface area contributed by atoms with Crippen molar-refractivity contribution in [2.24, 2.45) is 11.8 Å². The van der Waals surface area contributed by atoms with Gasteiger partial charge in [-0.05, 0) is 30.9 Å². The van der Waals surface area contributed by atoms with Crippen LogP contribution in [0.4, 0.5) is 0 Å². The number of methoxy groups -OCH3 is 1. The molecule has 3 unspecified atom stereocenters.